The van der Waals surface area contributed by atoms with Crippen molar-refractivity contribution >= 4 is 11.9 Å². The Hall–Kier alpha value is -1.10. The fourth-order valence-corrected chi connectivity index (χ4v) is 1.92. The van der Waals surface area contributed by atoms with Crippen molar-refractivity contribution in [1.29, 1.82) is 0 Å². The number of hydrogen-bond donors (Lipinski definition) is 3. The highest BCUT2D eigenvalue weighted by Crippen LogP contribution is 2.25. The van der Waals surface area contributed by atoms with E-state index in [4.69, 9.17) is 10.8 Å². The number of aliphatic carboxylic acids is 1. The van der Waals surface area contributed by atoms with Crippen molar-refractivity contribution in [3.8, 4) is 0 Å². The molecule has 86 valence electrons. The van der Waals surface area contributed by atoms with Gasteiger partial charge in [-0.3, -0.25) is 9.59 Å². The summed E-state index contributed by atoms with van der Waals surface area (Å²) in [5.41, 5.74) is 5.49. The fraction of sp³-hybridized carbons (Fsp3) is 0.800. The molecule has 0 bridgehead atoms. The molecule has 1 rings (SSSR count). The number of rotatable bonds is 4. The molecule has 0 spiro atoms. The van der Waals surface area contributed by atoms with E-state index >= 15 is 0 Å². The predicted molar refractivity (Wildman–Crippen MR) is 55.2 cm³/mol. The molecule has 0 radical (unpaired) electrons. The van der Waals surface area contributed by atoms with Gasteiger partial charge < -0.3 is 16.2 Å². The summed E-state index contributed by atoms with van der Waals surface area (Å²) in [5, 5.41) is 11.6. The zero-order valence-electron chi connectivity index (χ0n) is 8.90. The zero-order chi connectivity index (χ0) is 11.4. The Bertz CT molecular complexity index is 253. The second-order valence-electron chi connectivity index (χ2n) is 4.29. The van der Waals surface area contributed by atoms with Crippen LogP contribution in [0.15, 0.2) is 0 Å². The molecule has 1 aliphatic carbocycles. The molecule has 0 aromatic rings. The summed E-state index contributed by atoms with van der Waals surface area (Å²) < 4.78 is 0. The molecule has 3 atom stereocenters. The molecule has 1 aliphatic rings. The van der Waals surface area contributed by atoms with E-state index in [0.29, 0.717) is 19.3 Å². The maximum Gasteiger partial charge on any atom is 0.306 e. The quantitative estimate of drug-likeness (QED) is 0.618. The Balaban J connectivity index is 2.30. The van der Waals surface area contributed by atoms with Crippen LogP contribution in [0.4, 0.5) is 0 Å². The van der Waals surface area contributed by atoms with Gasteiger partial charge >= 0.3 is 5.97 Å². The van der Waals surface area contributed by atoms with Gasteiger partial charge in [-0.2, -0.15) is 0 Å². The van der Waals surface area contributed by atoms with Gasteiger partial charge in [0.2, 0.25) is 5.91 Å². The normalized spacial score (nSPS) is 27.3. The molecule has 5 heteroatoms. The number of nitrogens with two attached hydrogens (primary N) is 1. The molecule has 4 N–H and O–H groups in total. The fourth-order valence-electron chi connectivity index (χ4n) is 1.92. The molecular formula is C10H18N2O3. The number of carboxylic acid groups (broad SMARTS) is 1. The van der Waals surface area contributed by atoms with Crippen molar-refractivity contribution in [3.63, 3.8) is 0 Å². The van der Waals surface area contributed by atoms with E-state index in [1.165, 1.54) is 0 Å². The average Bonchev–Trinajstić information content (AvgIpc) is 2.50. The highest BCUT2D eigenvalue weighted by molar-refractivity contribution is 5.77. The molecular weight excluding hydrogens is 196 g/mol. The van der Waals surface area contributed by atoms with Crippen LogP contribution in [0, 0.1) is 5.92 Å². The molecule has 1 saturated carbocycles. The third kappa shape index (κ3) is 3.87. The van der Waals surface area contributed by atoms with E-state index in [0.717, 1.165) is 6.42 Å². The summed E-state index contributed by atoms with van der Waals surface area (Å²) in [6.45, 7) is 1.77. The number of carbonyl (C=O) groups is 2. The first kappa shape index (κ1) is 12.0. The minimum absolute atomic E-state index is 0.0114. The largest absolute Gasteiger partial charge is 0.481 e. The van der Waals surface area contributed by atoms with E-state index in [1.54, 1.807) is 6.92 Å². The van der Waals surface area contributed by atoms with Crippen LogP contribution >= 0.6 is 0 Å². The topological polar surface area (TPSA) is 92.4 Å². The maximum atomic E-state index is 11.3. The van der Waals surface area contributed by atoms with Crippen LogP contribution in [0.25, 0.3) is 0 Å². The van der Waals surface area contributed by atoms with E-state index < -0.39 is 5.97 Å². The number of carbonyl (C=O) groups excluding carboxylic acids is 1. The van der Waals surface area contributed by atoms with Crippen molar-refractivity contribution in [1.82, 2.24) is 5.32 Å². The standard InChI is InChI=1S/C10H18N2O3/c1-6(11)4-9(13)12-8-3-2-7(5-8)10(14)15/h6-8H,2-5,11H2,1H3,(H,12,13)(H,14,15)/t6?,7-,8+/m1/s1. The molecule has 5 nitrogen and oxygen atoms in total. The molecule has 1 amide bonds. The van der Waals surface area contributed by atoms with Crippen LogP contribution in [0.2, 0.25) is 0 Å². The van der Waals surface area contributed by atoms with Gasteiger partial charge in [-0.1, -0.05) is 0 Å². The average molecular weight is 214 g/mol. The number of carboxylic acids is 1. The summed E-state index contributed by atoms with van der Waals surface area (Å²) in [7, 11) is 0. The first-order valence-corrected chi connectivity index (χ1v) is 5.26. The lowest BCUT2D eigenvalue weighted by atomic mass is 10.1. The second kappa shape index (κ2) is 5.11. The van der Waals surface area contributed by atoms with Crippen molar-refractivity contribution in [2.45, 2.75) is 44.7 Å². The molecule has 15 heavy (non-hydrogen) atoms. The Kier molecular flexibility index (Phi) is 4.08. The van der Waals surface area contributed by atoms with Gasteiger partial charge in [0.05, 0.1) is 5.92 Å². The third-order valence-electron chi connectivity index (χ3n) is 2.65. The number of amides is 1. The van der Waals surface area contributed by atoms with Gasteiger partial charge in [-0.05, 0) is 26.2 Å². The molecule has 1 unspecified atom stereocenters. The van der Waals surface area contributed by atoms with Gasteiger partial charge in [0.25, 0.3) is 0 Å². The number of nitrogens with one attached hydrogen (secondary N) is 1. The molecule has 1 fully saturated rings. The molecule has 0 saturated heterocycles. The van der Waals surface area contributed by atoms with E-state index in [2.05, 4.69) is 5.32 Å². The molecule has 0 aromatic carbocycles. The highest BCUT2D eigenvalue weighted by Gasteiger charge is 2.30. The van der Waals surface area contributed by atoms with Gasteiger partial charge in [0.1, 0.15) is 0 Å². The Morgan fingerprint density at radius 1 is 1.53 bits per heavy atom. The van der Waals surface area contributed by atoms with Crippen molar-refractivity contribution in [2.75, 3.05) is 0 Å². The van der Waals surface area contributed by atoms with Crippen molar-refractivity contribution < 1.29 is 14.7 Å². The minimum atomic E-state index is -0.765. The predicted octanol–water partition coefficient (Wildman–Crippen LogP) is 0.0932. The van der Waals surface area contributed by atoms with Crippen LogP contribution in [0.3, 0.4) is 0 Å². The van der Waals surface area contributed by atoms with E-state index in [9.17, 15) is 9.59 Å². The van der Waals surface area contributed by atoms with Gasteiger partial charge in [-0.15, -0.1) is 0 Å². The molecule has 0 aromatic heterocycles. The lowest BCUT2D eigenvalue weighted by Crippen LogP contribution is -2.36. The van der Waals surface area contributed by atoms with Crippen LogP contribution in [-0.2, 0) is 9.59 Å². The summed E-state index contributed by atoms with van der Waals surface area (Å²) in [6.07, 6.45) is 2.24. The summed E-state index contributed by atoms with van der Waals surface area (Å²) in [4.78, 5) is 22.0. The van der Waals surface area contributed by atoms with Gasteiger partial charge in [0.15, 0.2) is 0 Å². The summed E-state index contributed by atoms with van der Waals surface area (Å²) >= 11 is 0. The Labute approximate surface area is 89.0 Å². The third-order valence-corrected chi connectivity index (χ3v) is 2.65. The first-order chi connectivity index (χ1) is 6.99. The van der Waals surface area contributed by atoms with E-state index in [-0.39, 0.29) is 23.9 Å². The van der Waals surface area contributed by atoms with Crippen molar-refractivity contribution in [3.05, 3.63) is 0 Å². The van der Waals surface area contributed by atoms with Crippen LogP contribution in [0.5, 0.6) is 0 Å². The van der Waals surface area contributed by atoms with Gasteiger partial charge in [0, 0.05) is 18.5 Å². The maximum absolute atomic E-state index is 11.3. The van der Waals surface area contributed by atoms with Gasteiger partial charge in [-0.25, -0.2) is 0 Å². The first-order valence-electron chi connectivity index (χ1n) is 5.26. The van der Waals surface area contributed by atoms with Crippen LogP contribution in [-0.4, -0.2) is 29.1 Å². The lowest BCUT2D eigenvalue weighted by Gasteiger charge is -2.13. The number of hydrogen-bond acceptors (Lipinski definition) is 3. The monoisotopic (exact) mass is 214 g/mol. The second-order valence-corrected chi connectivity index (χ2v) is 4.29. The van der Waals surface area contributed by atoms with E-state index in [1.807, 2.05) is 0 Å². The summed E-state index contributed by atoms with van der Waals surface area (Å²) in [5.74, 6) is -1.15. The zero-order valence-corrected chi connectivity index (χ0v) is 8.90. The highest BCUT2D eigenvalue weighted by atomic mass is 16.4. The Morgan fingerprint density at radius 3 is 2.67 bits per heavy atom. The molecule has 0 heterocycles. The molecule has 0 aliphatic heterocycles. The van der Waals surface area contributed by atoms with Crippen molar-refractivity contribution in [2.24, 2.45) is 11.7 Å². The smallest absolute Gasteiger partial charge is 0.306 e. The Morgan fingerprint density at radius 2 is 2.20 bits per heavy atom. The lowest BCUT2D eigenvalue weighted by molar-refractivity contribution is -0.141. The SMILES string of the molecule is CC(N)CC(=O)N[C@H]1CC[C@@H](C(=O)O)C1. The van der Waals surface area contributed by atoms with Crippen LogP contribution in [0.1, 0.15) is 32.6 Å². The summed E-state index contributed by atoms with van der Waals surface area (Å²) in [6, 6.07) is -0.140. The minimum Gasteiger partial charge on any atom is -0.481 e. The van der Waals surface area contributed by atoms with Crippen LogP contribution < -0.4 is 11.1 Å².